The Hall–Kier alpha value is -1.76. The van der Waals surface area contributed by atoms with Crippen LogP contribution in [0.25, 0.3) is 12.2 Å². The van der Waals surface area contributed by atoms with Crippen molar-refractivity contribution in [3.05, 3.63) is 112 Å². The van der Waals surface area contributed by atoms with Gasteiger partial charge in [-0.1, -0.05) is 0 Å². The predicted molar refractivity (Wildman–Crippen MR) is 147 cm³/mol. The summed E-state index contributed by atoms with van der Waals surface area (Å²) < 4.78 is 10.8. The summed E-state index contributed by atoms with van der Waals surface area (Å²) in [4.78, 5) is 0. The second-order valence-electron chi connectivity index (χ2n) is 13.7. The fraction of sp³-hybridized carbons (Fsp3) is 0.290. The maximum absolute atomic E-state index is 5.03. The quantitative estimate of drug-likeness (QED) is 0.295. The third kappa shape index (κ3) is 2.83. The molecule has 0 heterocycles. The average Bonchev–Trinajstić information content (AvgIpc) is 3.40. The van der Waals surface area contributed by atoms with Crippen LogP contribution in [-0.4, -0.2) is 6.88 Å². The second-order valence-corrected chi connectivity index (χ2v) is 67.4. The van der Waals surface area contributed by atoms with Crippen molar-refractivity contribution < 1.29 is 14.4 Å². The summed E-state index contributed by atoms with van der Waals surface area (Å²) in [6.45, 7) is 7.17. The van der Waals surface area contributed by atoms with Crippen molar-refractivity contribution in [3.8, 4) is 0 Å². The number of hydrogen-bond donors (Lipinski definition) is 0. The molecular weight excluding hydrogens is 492 g/mol. The molecule has 0 saturated carbocycles. The first-order valence-corrected chi connectivity index (χ1v) is 30.0. The van der Waals surface area contributed by atoms with Crippen molar-refractivity contribution >= 4 is 22.3 Å². The van der Waals surface area contributed by atoms with Gasteiger partial charge in [-0.25, -0.2) is 0 Å². The van der Waals surface area contributed by atoms with Crippen LogP contribution in [0.4, 0.5) is 0 Å². The molecule has 0 bridgehead atoms. The summed E-state index contributed by atoms with van der Waals surface area (Å²) in [6, 6.07) is 30.1. The normalized spacial score (nSPS) is 22.8. The van der Waals surface area contributed by atoms with Crippen molar-refractivity contribution in [3.63, 3.8) is 0 Å². The SMILES string of the molecule is CCC1=Cc2ccccc2[CH]1[Zr]([CH3])([CH3])([CH3])(=[SiH2])([c]1ccccc1)[CH]1C(CC)=Cc2ccccc21. The van der Waals surface area contributed by atoms with Crippen LogP contribution >= 0.6 is 0 Å². The van der Waals surface area contributed by atoms with E-state index in [1.54, 1.807) is 25.5 Å². The number of rotatable bonds is 5. The van der Waals surface area contributed by atoms with E-state index in [2.05, 4.69) is 126 Å². The van der Waals surface area contributed by atoms with Crippen molar-refractivity contribution in [2.24, 2.45) is 0 Å². The first-order valence-electron chi connectivity index (χ1n) is 12.7. The van der Waals surface area contributed by atoms with Crippen LogP contribution in [0, 0.1) is 0 Å². The van der Waals surface area contributed by atoms with Crippen LogP contribution in [0.15, 0.2) is 90.0 Å². The first kappa shape index (κ1) is 23.0. The summed E-state index contributed by atoms with van der Waals surface area (Å²) in [7, 11) is 0. The van der Waals surface area contributed by atoms with Gasteiger partial charge >= 0.3 is 197 Å². The van der Waals surface area contributed by atoms with Gasteiger partial charge in [-0.05, 0) is 0 Å². The van der Waals surface area contributed by atoms with Crippen LogP contribution in [0.2, 0.25) is 13.9 Å². The summed E-state index contributed by atoms with van der Waals surface area (Å²) in [5, 5.41) is 0. The van der Waals surface area contributed by atoms with E-state index < -0.39 is 14.4 Å². The Kier molecular flexibility index (Phi) is 4.51. The third-order valence-electron chi connectivity index (χ3n) is 9.79. The Morgan fingerprint density at radius 3 is 1.42 bits per heavy atom. The van der Waals surface area contributed by atoms with E-state index in [-0.39, 0.29) is 0 Å². The van der Waals surface area contributed by atoms with E-state index in [0.717, 1.165) is 12.8 Å². The fourth-order valence-electron chi connectivity index (χ4n) is 8.40. The van der Waals surface area contributed by atoms with E-state index in [1.165, 1.54) is 11.1 Å². The standard InChI is InChI=1S/2C11H11.C6H5.3CH3.H2Si.Zr/c2*1-2-9-7-10-5-3-4-6-11(10)8-9;1-2-4-6-5-3-1;;;;;/h2*3-8H,2H2,1H3;1-5H;3*1H3;1H2;. The van der Waals surface area contributed by atoms with Gasteiger partial charge in [-0.2, -0.15) is 0 Å². The Balaban J connectivity index is 2.01. The molecule has 0 fully saturated rings. The molecule has 0 radical (unpaired) electrons. The van der Waals surface area contributed by atoms with Crippen molar-refractivity contribution in [1.29, 1.82) is 0 Å². The molecule has 0 aromatic heterocycles. The van der Waals surface area contributed by atoms with E-state index >= 15 is 0 Å². The van der Waals surface area contributed by atoms with Crippen molar-refractivity contribution in [2.45, 2.75) is 47.8 Å². The molecule has 0 N–H and O–H groups in total. The summed E-state index contributed by atoms with van der Waals surface area (Å²) in [5.74, 6) is 0. The molecule has 0 nitrogen and oxygen atoms in total. The van der Waals surface area contributed by atoms with E-state index in [0.29, 0.717) is 7.25 Å². The molecule has 170 valence electrons. The van der Waals surface area contributed by atoms with Crippen LogP contribution in [0.3, 0.4) is 0 Å². The molecule has 2 aliphatic rings. The van der Waals surface area contributed by atoms with E-state index in [1.807, 2.05) is 0 Å². The van der Waals surface area contributed by atoms with Crippen LogP contribution in [0.1, 0.15) is 56.2 Å². The van der Waals surface area contributed by atoms with Crippen molar-refractivity contribution in [2.75, 3.05) is 0 Å². The van der Waals surface area contributed by atoms with Gasteiger partial charge in [0.1, 0.15) is 0 Å². The Morgan fingerprint density at radius 2 is 1.00 bits per heavy atom. The van der Waals surface area contributed by atoms with Crippen LogP contribution in [-0.2, 0) is 14.4 Å². The summed E-state index contributed by atoms with van der Waals surface area (Å²) in [6.07, 6.45) is 7.23. The molecule has 2 heteroatoms. The molecule has 5 rings (SSSR count). The number of hydrogen-bond acceptors (Lipinski definition) is 0. The third-order valence-corrected chi connectivity index (χ3v) is 41.7. The molecule has 0 saturated heterocycles. The molecule has 0 amide bonds. The predicted octanol–water partition coefficient (Wildman–Crippen LogP) is 7.86. The second kappa shape index (κ2) is 6.46. The van der Waals surface area contributed by atoms with Gasteiger partial charge in [-0.3, -0.25) is 0 Å². The summed E-state index contributed by atoms with van der Waals surface area (Å²) >= 11 is -5.03. The Labute approximate surface area is 195 Å². The number of benzene rings is 3. The molecule has 2 aliphatic carbocycles. The van der Waals surface area contributed by atoms with Gasteiger partial charge in [0.05, 0.1) is 0 Å². The fourth-order valence-corrected chi connectivity index (χ4v) is 41.2. The molecule has 2 atom stereocenters. The Bertz CT molecular complexity index is 1380. The molecule has 33 heavy (non-hydrogen) atoms. The van der Waals surface area contributed by atoms with Gasteiger partial charge in [-0.15, -0.1) is 0 Å². The molecular formula is C31H38SiZr. The topological polar surface area (TPSA) is 0 Å². The molecule has 2 unspecified atom stereocenters. The zero-order chi connectivity index (χ0) is 23.6. The van der Waals surface area contributed by atoms with Gasteiger partial charge in [0, 0.05) is 0 Å². The van der Waals surface area contributed by atoms with Gasteiger partial charge in [0.25, 0.3) is 0 Å². The maximum atomic E-state index is 2.79. The van der Waals surface area contributed by atoms with E-state index in [9.17, 15) is 0 Å². The summed E-state index contributed by atoms with van der Waals surface area (Å²) in [5.41, 5.74) is 9.17. The molecule has 3 aromatic rings. The molecule has 3 aromatic carbocycles. The van der Waals surface area contributed by atoms with Crippen molar-refractivity contribution in [1.82, 2.24) is 0 Å². The zero-order valence-corrected chi connectivity index (χ0v) is 24.8. The minimum atomic E-state index is -5.03. The van der Waals surface area contributed by atoms with E-state index in [4.69, 9.17) is 0 Å². The monoisotopic (exact) mass is 528 g/mol. The molecule has 0 aliphatic heterocycles. The minimum absolute atomic E-state index is 0.426. The van der Waals surface area contributed by atoms with Gasteiger partial charge in [0.2, 0.25) is 0 Å². The van der Waals surface area contributed by atoms with Crippen LogP contribution < -0.4 is 3.27 Å². The van der Waals surface area contributed by atoms with Gasteiger partial charge < -0.3 is 0 Å². The number of allylic oxidation sites excluding steroid dienone is 2. The first-order chi connectivity index (χ1) is 15.5. The van der Waals surface area contributed by atoms with Gasteiger partial charge in [0.15, 0.2) is 0 Å². The molecule has 0 spiro atoms. The average molecular weight is 530 g/mol. The number of fused-ring (bicyclic) bond motifs is 2. The zero-order valence-electron chi connectivity index (χ0n) is 20.9. The van der Waals surface area contributed by atoms with Crippen LogP contribution in [0.5, 0.6) is 0 Å². The Morgan fingerprint density at radius 1 is 0.606 bits per heavy atom.